The van der Waals surface area contributed by atoms with E-state index in [1.165, 1.54) is 5.56 Å². The lowest BCUT2D eigenvalue weighted by molar-refractivity contribution is -0.112. The second-order valence-corrected chi connectivity index (χ2v) is 6.26. The summed E-state index contributed by atoms with van der Waals surface area (Å²) in [5, 5.41) is 12.1. The minimum atomic E-state index is -0.391. The predicted octanol–water partition coefficient (Wildman–Crippen LogP) is 4.97. The Morgan fingerprint density at radius 1 is 1.12 bits per heavy atom. The molecule has 0 fully saturated rings. The van der Waals surface area contributed by atoms with Crippen LogP contribution in [0.1, 0.15) is 42.0 Å². The van der Waals surface area contributed by atoms with Crippen molar-refractivity contribution >= 4 is 17.7 Å². The minimum absolute atomic E-state index is 0.0901. The molecule has 2 rings (SSSR count). The lowest BCUT2D eigenvalue weighted by Gasteiger charge is -2.09. The molecule has 0 aliphatic rings. The fourth-order valence-corrected chi connectivity index (χ4v) is 2.44. The van der Waals surface area contributed by atoms with E-state index in [1.807, 2.05) is 62.4 Å². The molecule has 122 valence electrons. The zero-order valence-electron chi connectivity index (χ0n) is 14.6. The monoisotopic (exact) mass is 318 g/mol. The maximum Gasteiger partial charge on any atom is 0.266 e. The van der Waals surface area contributed by atoms with Gasteiger partial charge in [0.05, 0.1) is 0 Å². The topological polar surface area (TPSA) is 52.9 Å². The lowest BCUT2D eigenvalue weighted by Crippen LogP contribution is -2.14. The van der Waals surface area contributed by atoms with Crippen LogP contribution >= 0.6 is 0 Å². The smallest absolute Gasteiger partial charge is 0.266 e. The van der Waals surface area contributed by atoms with Gasteiger partial charge in [-0.2, -0.15) is 5.26 Å². The standard InChI is InChI=1S/C21H22N2O/c1-14(2)18-8-6-17(7-9-18)12-19(13-22)21(24)23-20-10-5-15(3)11-16(20)4/h5-12,14H,1-4H3,(H,23,24)/b19-12+. The first-order valence-corrected chi connectivity index (χ1v) is 8.01. The zero-order valence-corrected chi connectivity index (χ0v) is 14.6. The largest absolute Gasteiger partial charge is 0.321 e. The molecule has 24 heavy (non-hydrogen) atoms. The number of nitriles is 1. The molecular weight excluding hydrogens is 296 g/mol. The molecule has 1 amide bonds. The van der Waals surface area contributed by atoms with Crippen LogP contribution in [0, 0.1) is 25.2 Å². The number of nitrogens with zero attached hydrogens (tertiary/aromatic N) is 1. The molecular formula is C21H22N2O. The second-order valence-electron chi connectivity index (χ2n) is 6.26. The highest BCUT2D eigenvalue weighted by atomic mass is 16.1. The Labute approximate surface area is 143 Å². The predicted molar refractivity (Wildman–Crippen MR) is 98.7 cm³/mol. The summed E-state index contributed by atoms with van der Waals surface area (Å²) in [4.78, 5) is 12.4. The Morgan fingerprint density at radius 2 is 1.79 bits per heavy atom. The summed E-state index contributed by atoms with van der Waals surface area (Å²) in [7, 11) is 0. The number of rotatable bonds is 4. The Kier molecular flexibility index (Phi) is 5.55. The number of hydrogen-bond donors (Lipinski definition) is 1. The third kappa shape index (κ3) is 4.33. The molecule has 0 unspecified atom stereocenters. The number of anilines is 1. The first kappa shape index (κ1) is 17.5. The summed E-state index contributed by atoms with van der Waals surface area (Å²) in [6, 6.07) is 15.7. The Bertz CT molecular complexity index is 809. The van der Waals surface area contributed by atoms with E-state index in [9.17, 15) is 10.1 Å². The van der Waals surface area contributed by atoms with Gasteiger partial charge < -0.3 is 5.32 Å². The molecule has 0 aromatic heterocycles. The van der Waals surface area contributed by atoms with Crippen molar-refractivity contribution in [3.8, 4) is 6.07 Å². The number of benzene rings is 2. The van der Waals surface area contributed by atoms with Crippen molar-refractivity contribution < 1.29 is 4.79 Å². The van der Waals surface area contributed by atoms with Gasteiger partial charge in [0.2, 0.25) is 0 Å². The molecule has 0 saturated carbocycles. The number of aryl methyl sites for hydroxylation is 2. The molecule has 0 spiro atoms. The quantitative estimate of drug-likeness (QED) is 0.639. The Balaban J connectivity index is 2.20. The van der Waals surface area contributed by atoms with Gasteiger partial charge in [-0.1, -0.05) is 55.8 Å². The summed E-state index contributed by atoms with van der Waals surface area (Å²) in [5.41, 5.74) is 4.99. The lowest BCUT2D eigenvalue weighted by atomic mass is 10.0. The summed E-state index contributed by atoms with van der Waals surface area (Å²) < 4.78 is 0. The second kappa shape index (κ2) is 7.61. The summed E-state index contributed by atoms with van der Waals surface area (Å²) >= 11 is 0. The molecule has 0 bridgehead atoms. The van der Waals surface area contributed by atoms with E-state index < -0.39 is 5.91 Å². The molecule has 0 saturated heterocycles. The van der Waals surface area contributed by atoms with Gasteiger partial charge >= 0.3 is 0 Å². The molecule has 0 aliphatic carbocycles. The highest BCUT2D eigenvalue weighted by Crippen LogP contribution is 2.19. The number of carbonyl (C=O) groups is 1. The maximum absolute atomic E-state index is 12.4. The fourth-order valence-electron chi connectivity index (χ4n) is 2.44. The maximum atomic E-state index is 12.4. The first-order chi connectivity index (χ1) is 11.4. The van der Waals surface area contributed by atoms with E-state index in [0.717, 1.165) is 22.4 Å². The molecule has 0 heterocycles. The minimum Gasteiger partial charge on any atom is -0.321 e. The highest BCUT2D eigenvalue weighted by molar-refractivity contribution is 6.09. The highest BCUT2D eigenvalue weighted by Gasteiger charge is 2.11. The van der Waals surface area contributed by atoms with Gasteiger partial charge in [-0.05, 0) is 48.6 Å². The van der Waals surface area contributed by atoms with Gasteiger partial charge in [0.15, 0.2) is 0 Å². The van der Waals surface area contributed by atoms with Gasteiger partial charge in [0, 0.05) is 5.69 Å². The van der Waals surface area contributed by atoms with Crippen LogP contribution in [0.25, 0.3) is 6.08 Å². The molecule has 0 radical (unpaired) electrons. The number of hydrogen-bond acceptors (Lipinski definition) is 2. The SMILES string of the molecule is Cc1ccc(NC(=O)/C(C#N)=C/c2ccc(C(C)C)cc2)c(C)c1. The summed E-state index contributed by atoms with van der Waals surface area (Å²) in [6.45, 7) is 8.19. The molecule has 2 aromatic carbocycles. The van der Waals surface area contributed by atoms with Crippen molar-refractivity contribution in [2.45, 2.75) is 33.6 Å². The molecule has 2 aromatic rings. The average molecular weight is 318 g/mol. The van der Waals surface area contributed by atoms with Crippen LogP contribution in [0.3, 0.4) is 0 Å². The van der Waals surface area contributed by atoms with Gasteiger partial charge in [-0.3, -0.25) is 4.79 Å². The van der Waals surface area contributed by atoms with E-state index in [2.05, 4.69) is 19.2 Å². The van der Waals surface area contributed by atoms with Crippen molar-refractivity contribution in [1.82, 2.24) is 0 Å². The van der Waals surface area contributed by atoms with Gasteiger partial charge in [0.1, 0.15) is 11.6 Å². The zero-order chi connectivity index (χ0) is 17.7. The van der Waals surface area contributed by atoms with Crippen LogP contribution in [-0.2, 0) is 4.79 Å². The van der Waals surface area contributed by atoms with Crippen molar-refractivity contribution in [1.29, 1.82) is 5.26 Å². The van der Waals surface area contributed by atoms with Gasteiger partial charge in [0.25, 0.3) is 5.91 Å². The van der Waals surface area contributed by atoms with Crippen molar-refractivity contribution in [3.05, 3.63) is 70.3 Å². The molecule has 1 N–H and O–H groups in total. The number of carbonyl (C=O) groups excluding carboxylic acids is 1. The van der Waals surface area contributed by atoms with E-state index >= 15 is 0 Å². The summed E-state index contributed by atoms with van der Waals surface area (Å²) in [6.07, 6.45) is 1.61. The summed E-state index contributed by atoms with van der Waals surface area (Å²) in [5.74, 6) is 0.0590. The van der Waals surface area contributed by atoms with Crippen LogP contribution < -0.4 is 5.32 Å². The van der Waals surface area contributed by atoms with E-state index in [4.69, 9.17) is 0 Å². The van der Waals surface area contributed by atoms with Crippen LogP contribution in [0.4, 0.5) is 5.69 Å². The van der Waals surface area contributed by atoms with E-state index in [1.54, 1.807) is 6.08 Å². The molecule has 3 heteroatoms. The fraction of sp³-hybridized carbons (Fsp3) is 0.238. The number of amides is 1. The molecule has 0 aliphatic heterocycles. The van der Waals surface area contributed by atoms with E-state index in [0.29, 0.717) is 5.92 Å². The van der Waals surface area contributed by atoms with Crippen molar-refractivity contribution in [2.24, 2.45) is 0 Å². The van der Waals surface area contributed by atoms with Crippen LogP contribution in [-0.4, -0.2) is 5.91 Å². The van der Waals surface area contributed by atoms with Crippen LogP contribution in [0.2, 0.25) is 0 Å². The Morgan fingerprint density at radius 3 is 2.33 bits per heavy atom. The van der Waals surface area contributed by atoms with Gasteiger partial charge in [-0.15, -0.1) is 0 Å². The van der Waals surface area contributed by atoms with Crippen molar-refractivity contribution in [3.63, 3.8) is 0 Å². The molecule has 3 nitrogen and oxygen atoms in total. The van der Waals surface area contributed by atoms with Crippen LogP contribution in [0.5, 0.6) is 0 Å². The molecule has 0 atom stereocenters. The third-order valence-electron chi connectivity index (χ3n) is 3.91. The van der Waals surface area contributed by atoms with Gasteiger partial charge in [-0.25, -0.2) is 0 Å². The first-order valence-electron chi connectivity index (χ1n) is 8.01. The third-order valence-corrected chi connectivity index (χ3v) is 3.91. The van der Waals surface area contributed by atoms with Crippen molar-refractivity contribution in [2.75, 3.05) is 5.32 Å². The average Bonchev–Trinajstić information content (AvgIpc) is 2.55. The van der Waals surface area contributed by atoms with Crippen LogP contribution in [0.15, 0.2) is 48.0 Å². The normalized spacial score (nSPS) is 11.2. The Hall–Kier alpha value is -2.86. The van der Waals surface area contributed by atoms with E-state index in [-0.39, 0.29) is 5.57 Å². The number of nitrogens with one attached hydrogen (secondary N) is 1.